The Morgan fingerprint density at radius 2 is 2.17 bits per heavy atom. The summed E-state index contributed by atoms with van der Waals surface area (Å²) in [6.45, 7) is 4.95. The Balaban J connectivity index is 2.03. The number of nitrogens with zero attached hydrogens (tertiary/aromatic N) is 3. The highest BCUT2D eigenvalue weighted by atomic mass is 35.5. The van der Waals surface area contributed by atoms with Crippen molar-refractivity contribution in [2.45, 2.75) is 26.2 Å². The van der Waals surface area contributed by atoms with E-state index in [4.69, 9.17) is 11.6 Å². The Morgan fingerprint density at radius 3 is 2.83 bits per heavy atom. The van der Waals surface area contributed by atoms with Gasteiger partial charge in [-0.1, -0.05) is 25.4 Å². The molecule has 2 aromatic heterocycles. The molecule has 1 N–H and O–H groups in total. The van der Waals surface area contributed by atoms with Crippen LogP contribution in [0, 0.1) is 0 Å². The molecule has 0 bridgehead atoms. The smallest absolute Gasteiger partial charge is 0.138 e. The van der Waals surface area contributed by atoms with E-state index in [0.717, 1.165) is 30.0 Å². The van der Waals surface area contributed by atoms with Gasteiger partial charge < -0.3 is 5.32 Å². The van der Waals surface area contributed by atoms with Gasteiger partial charge in [0.05, 0.1) is 11.2 Å². The van der Waals surface area contributed by atoms with Crippen molar-refractivity contribution < 1.29 is 0 Å². The van der Waals surface area contributed by atoms with Crippen LogP contribution in [-0.2, 0) is 6.42 Å². The second-order valence-electron chi connectivity index (χ2n) is 4.24. The van der Waals surface area contributed by atoms with Crippen LogP contribution >= 0.6 is 22.9 Å². The molecule has 0 saturated heterocycles. The zero-order chi connectivity index (χ0) is 13.0. The van der Waals surface area contributed by atoms with Crippen LogP contribution in [0.4, 0.5) is 5.82 Å². The largest absolute Gasteiger partial charge is 0.369 e. The maximum Gasteiger partial charge on any atom is 0.138 e. The van der Waals surface area contributed by atoms with Gasteiger partial charge in [0.25, 0.3) is 0 Å². The lowest BCUT2D eigenvalue weighted by atomic mass is 10.1. The van der Waals surface area contributed by atoms with E-state index in [0.29, 0.717) is 11.1 Å². The summed E-state index contributed by atoms with van der Waals surface area (Å²) in [5.74, 6) is 1.11. The van der Waals surface area contributed by atoms with E-state index in [1.54, 1.807) is 11.3 Å². The molecule has 0 atom stereocenters. The van der Waals surface area contributed by atoms with Gasteiger partial charge >= 0.3 is 0 Å². The van der Waals surface area contributed by atoms with Gasteiger partial charge in [-0.2, -0.15) is 0 Å². The predicted molar refractivity (Wildman–Crippen MR) is 75.4 cm³/mol. The zero-order valence-corrected chi connectivity index (χ0v) is 11.9. The third kappa shape index (κ3) is 3.17. The molecule has 0 aliphatic carbocycles. The fourth-order valence-corrected chi connectivity index (χ4v) is 2.64. The van der Waals surface area contributed by atoms with Crippen molar-refractivity contribution in [1.29, 1.82) is 0 Å². The quantitative estimate of drug-likeness (QED) is 0.855. The highest BCUT2D eigenvalue weighted by Gasteiger charge is 2.13. The van der Waals surface area contributed by atoms with Gasteiger partial charge in [-0.3, -0.25) is 0 Å². The summed E-state index contributed by atoms with van der Waals surface area (Å²) in [7, 11) is 0. The first-order chi connectivity index (χ1) is 8.68. The number of hydrogen-bond acceptors (Lipinski definition) is 5. The summed E-state index contributed by atoms with van der Waals surface area (Å²) in [6.07, 6.45) is 2.36. The van der Waals surface area contributed by atoms with E-state index in [1.165, 1.54) is 6.33 Å². The second-order valence-corrected chi connectivity index (χ2v) is 5.31. The minimum atomic E-state index is 0.292. The molecule has 2 rings (SSSR count). The maximum absolute atomic E-state index is 6.10. The van der Waals surface area contributed by atoms with Gasteiger partial charge in [0, 0.05) is 23.9 Å². The number of aromatic nitrogens is 3. The van der Waals surface area contributed by atoms with E-state index >= 15 is 0 Å². The number of hydrogen-bond donors (Lipinski definition) is 1. The third-order valence-corrected chi connectivity index (χ3v) is 3.51. The average molecular weight is 283 g/mol. The summed E-state index contributed by atoms with van der Waals surface area (Å²) in [4.78, 5) is 12.5. The molecule has 0 fully saturated rings. The van der Waals surface area contributed by atoms with Gasteiger partial charge in [0.15, 0.2) is 0 Å². The summed E-state index contributed by atoms with van der Waals surface area (Å²) < 4.78 is 0. The predicted octanol–water partition coefficient (Wildman–Crippen LogP) is 3.36. The van der Waals surface area contributed by atoms with Crippen molar-refractivity contribution in [1.82, 2.24) is 15.0 Å². The van der Waals surface area contributed by atoms with Crippen molar-refractivity contribution in [2.24, 2.45) is 0 Å². The van der Waals surface area contributed by atoms with Crippen molar-refractivity contribution >= 4 is 28.8 Å². The van der Waals surface area contributed by atoms with Crippen LogP contribution in [0.5, 0.6) is 0 Å². The minimum absolute atomic E-state index is 0.292. The Hall–Kier alpha value is -1.20. The van der Waals surface area contributed by atoms with Crippen molar-refractivity contribution in [2.75, 3.05) is 11.9 Å². The van der Waals surface area contributed by atoms with Crippen LogP contribution in [0.25, 0.3) is 0 Å². The van der Waals surface area contributed by atoms with Crippen molar-refractivity contribution in [3.63, 3.8) is 0 Å². The lowest BCUT2D eigenvalue weighted by Gasteiger charge is -2.13. The first kappa shape index (κ1) is 13.2. The fraction of sp³-hybridized carbons (Fsp3) is 0.417. The molecule has 0 spiro atoms. The fourth-order valence-electron chi connectivity index (χ4n) is 1.70. The van der Waals surface area contributed by atoms with Crippen LogP contribution in [0.15, 0.2) is 17.2 Å². The first-order valence-electron chi connectivity index (χ1n) is 5.79. The number of rotatable bonds is 5. The number of nitrogens with one attached hydrogen (secondary N) is 1. The molecular weight excluding hydrogens is 268 g/mol. The summed E-state index contributed by atoms with van der Waals surface area (Å²) >= 11 is 7.71. The number of halogens is 1. The first-order valence-corrected chi connectivity index (χ1v) is 7.12. The average Bonchev–Trinajstić information content (AvgIpc) is 2.81. The molecule has 2 heterocycles. The molecule has 0 saturated carbocycles. The molecule has 0 unspecified atom stereocenters. The van der Waals surface area contributed by atoms with Gasteiger partial charge in [0.1, 0.15) is 17.3 Å². The van der Waals surface area contributed by atoms with Crippen molar-refractivity contribution in [3.05, 3.63) is 33.6 Å². The molecule has 18 heavy (non-hydrogen) atoms. The van der Waals surface area contributed by atoms with Crippen molar-refractivity contribution in [3.8, 4) is 0 Å². The van der Waals surface area contributed by atoms with Crippen LogP contribution in [0.1, 0.15) is 31.0 Å². The summed E-state index contributed by atoms with van der Waals surface area (Å²) in [6, 6.07) is 0. The van der Waals surface area contributed by atoms with Gasteiger partial charge in [-0.25, -0.2) is 15.0 Å². The monoisotopic (exact) mass is 282 g/mol. The van der Waals surface area contributed by atoms with Crippen LogP contribution in [0.3, 0.4) is 0 Å². The molecule has 0 aliphatic heterocycles. The SMILES string of the molecule is CC(C)c1c(Cl)ncnc1NCCc1cscn1. The number of thiazole rings is 1. The molecule has 4 nitrogen and oxygen atoms in total. The van der Waals surface area contributed by atoms with Crippen LogP contribution in [-0.4, -0.2) is 21.5 Å². The van der Waals surface area contributed by atoms with Gasteiger partial charge in [-0.05, 0) is 5.92 Å². The van der Waals surface area contributed by atoms with E-state index in [-0.39, 0.29) is 0 Å². The van der Waals surface area contributed by atoms with Crippen LogP contribution < -0.4 is 5.32 Å². The van der Waals surface area contributed by atoms with Gasteiger partial charge in [-0.15, -0.1) is 11.3 Å². The molecule has 6 heteroatoms. The maximum atomic E-state index is 6.10. The molecule has 0 radical (unpaired) electrons. The Labute approximate surface area is 115 Å². The minimum Gasteiger partial charge on any atom is -0.369 e. The highest BCUT2D eigenvalue weighted by Crippen LogP contribution is 2.27. The number of anilines is 1. The molecule has 0 aromatic carbocycles. The third-order valence-electron chi connectivity index (χ3n) is 2.57. The summed E-state index contributed by atoms with van der Waals surface area (Å²) in [5.41, 5.74) is 3.91. The van der Waals surface area contributed by atoms with E-state index in [2.05, 4.69) is 39.5 Å². The Morgan fingerprint density at radius 1 is 1.33 bits per heavy atom. The normalized spacial score (nSPS) is 10.9. The molecule has 0 aliphatic rings. The molecular formula is C12H15ClN4S. The molecule has 0 amide bonds. The van der Waals surface area contributed by atoms with Crippen LogP contribution in [0.2, 0.25) is 5.15 Å². The second kappa shape index (κ2) is 6.11. The molecule has 2 aromatic rings. The summed E-state index contributed by atoms with van der Waals surface area (Å²) in [5, 5.41) is 5.88. The van der Waals surface area contributed by atoms with E-state index in [9.17, 15) is 0 Å². The zero-order valence-electron chi connectivity index (χ0n) is 10.4. The standard InChI is InChI=1S/C12H15ClN4S/c1-8(2)10-11(13)15-6-16-12(10)14-4-3-9-5-18-7-17-9/h5-8H,3-4H2,1-2H3,(H,14,15,16). The Kier molecular flexibility index (Phi) is 4.49. The van der Waals surface area contributed by atoms with E-state index in [1.807, 2.05) is 5.51 Å². The topological polar surface area (TPSA) is 50.7 Å². The van der Waals surface area contributed by atoms with E-state index < -0.39 is 0 Å². The molecule has 96 valence electrons. The van der Waals surface area contributed by atoms with Gasteiger partial charge in [0.2, 0.25) is 0 Å². The lowest BCUT2D eigenvalue weighted by Crippen LogP contribution is -2.10. The highest BCUT2D eigenvalue weighted by molar-refractivity contribution is 7.07. The lowest BCUT2D eigenvalue weighted by molar-refractivity contribution is 0.841. The Bertz CT molecular complexity index is 499.